The van der Waals surface area contributed by atoms with Crippen molar-refractivity contribution in [3.63, 3.8) is 0 Å². The van der Waals surface area contributed by atoms with Crippen molar-refractivity contribution < 1.29 is 43.5 Å². The number of benzene rings is 2. The van der Waals surface area contributed by atoms with Gasteiger partial charge in [0.05, 0.1) is 6.10 Å². The minimum atomic E-state index is -1.63. The highest BCUT2D eigenvalue weighted by Crippen LogP contribution is 2.21. The van der Waals surface area contributed by atoms with Gasteiger partial charge in [-0.05, 0) is 73.6 Å². The quantitative estimate of drug-likeness (QED) is 0.0234. The maximum absolute atomic E-state index is 14.5. The fourth-order valence-corrected chi connectivity index (χ4v) is 7.72. The Morgan fingerprint density at radius 1 is 0.614 bits per heavy atom. The Hall–Kier alpha value is -7.04. The van der Waals surface area contributed by atoms with Crippen LogP contribution < -0.4 is 61.0 Å². The summed E-state index contributed by atoms with van der Waals surface area (Å²) in [5, 5.41) is 25.6. The third kappa shape index (κ3) is 19.9. The average Bonchev–Trinajstić information content (AvgIpc) is 3.27. The van der Waals surface area contributed by atoms with Gasteiger partial charge in [0, 0.05) is 38.9 Å². The van der Waals surface area contributed by atoms with Crippen molar-refractivity contribution >= 4 is 69.9 Å². The van der Waals surface area contributed by atoms with Crippen LogP contribution in [0.3, 0.4) is 0 Å². The number of likely N-dealkylation sites (N-methyl/N-ethyl adjacent to an activating group) is 1. The lowest BCUT2D eigenvalue weighted by Gasteiger charge is -2.32. The lowest BCUT2D eigenvalue weighted by molar-refractivity contribution is -0.143. The first-order chi connectivity index (χ1) is 32.8. The van der Waals surface area contributed by atoms with E-state index in [4.69, 9.17) is 34.4 Å². The minimum absolute atomic E-state index is 0.0136. The molecule has 0 saturated carbocycles. The van der Waals surface area contributed by atoms with Crippen molar-refractivity contribution in [3.05, 3.63) is 48.0 Å². The normalized spacial score (nSPS) is 14.6. The van der Waals surface area contributed by atoms with Gasteiger partial charge in [-0.2, -0.15) is 0 Å². The summed E-state index contributed by atoms with van der Waals surface area (Å²) < 4.78 is 0. The highest BCUT2D eigenvalue weighted by Gasteiger charge is 2.37. The summed E-state index contributed by atoms with van der Waals surface area (Å²) in [5.74, 6) is -7.42. The van der Waals surface area contributed by atoms with Crippen molar-refractivity contribution in [2.45, 2.75) is 135 Å². The second-order valence-corrected chi connectivity index (χ2v) is 18.3. The maximum atomic E-state index is 14.5. The van der Waals surface area contributed by atoms with Gasteiger partial charge in [-0.25, -0.2) is 0 Å². The molecule has 0 bridgehead atoms. The molecule has 2 rings (SSSR count). The van der Waals surface area contributed by atoms with E-state index >= 15 is 0 Å². The number of hydrogen-bond donors (Lipinski definition) is 12. The number of aliphatic hydroxyl groups is 1. The fourth-order valence-electron chi connectivity index (χ4n) is 7.72. The number of amides is 8. The number of aliphatic imine (C=N–C) groups is 2. The van der Waals surface area contributed by atoms with E-state index in [1.807, 2.05) is 50.2 Å². The molecule has 8 amide bonds. The van der Waals surface area contributed by atoms with Gasteiger partial charge >= 0.3 is 0 Å². The third-order valence-electron chi connectivity index (χ3n) is 11.5. The summed E-state index contributed by atoms with van der Waals surface area (Å²) in [4.78, 5) is 117. The fraction of sp³-hybridized carbons (Fsp3) is 0.574. The summed E-state index contributed by atoms with van der Waals surface area (Å²) in [6.45, 7) is 10.4. The van der Waals surface area contributed by atoms with E-state index in [1.54, 1.807) is 26.8 Å². The molecule has 0 aliphatic rings. The number of carbonyl (C=O) groups is 8. The Bertz CT molecular complexity index is 2170. The molecule has 8 atom stereocenters. The first-order valence-corrected chi connectivity index (χ1v) is 23.5. The highest BCUT2D eigenvalue weighted by atomic mass is 16.3. The summed E-state index contributed by atoms with van der Waals surface area (Å²) in [7, 11) is 1.29. The molecule has 388 valence electrons. The molecule has 23 heteroatoms. The number of aliphatic hydroxyl groups excluding tert-OH is 1. The van der Waals surface area contributed by atoms with Gasteiger partial charge in [0.2, 0.25) is 47.3 Å². The van der Waals surface area contributed by atoms with Gasteiger partial charge in [-0.15, -0.1) is 0 Å². The molecule has 18 N–H and O–H groups in total. The number of nitrogens with one attached hydrogen (secondary N) is 5. The van der Waals surface area contributed by atoms with Crippen LogP contribution in [0, 0.1) is 17.8 Å². The summed E-state index contributed by atoms with van der Waals surface area (Å²) >= 11 is 0. The molecule has 2 aromatic carbocycles. The topological polar surface area (TPSA) is 401 Å². The van der Waals surface area contributed by atoms with Crippen LogP contribution in [0.5, 0.6) is 0 Å². The molecular formula is C47H76N14O9. The Morgan fingerprint density at radius 2 is 1.16 bits per heavy atom. The molecule has 70 heavy (non-hydrogen) atoms. The van der Waals surface area contributed by atoms with E-state index in [0.29, 0.717) is 6.42 Å². The Morgan fingerprint density at radius 3 is 1.71 bits per heavy atom. The van der Waals surface area contributed by atoms with E-state index in [9.17, 15) is 43.5 Å². The molecule has 0 aromatic heterocycles. The summed E-state index contributed by atoms with van der Waals surface area (Å²) in [5.41, 5.74) is 34.1. The van der Waals surface area contributed by atoms with E-state index in [2.05, 4.69) is 36.6 Å². The van der Waals surface area contributed by atoms with E-state index < -0.39 is 102 Å². The van der Waals surface area contributed by atoms with Crippen molar-refractivity contribution in [2.24, 2.45) is 62.1 Å². The molecule has 0 aliphatic heterocycles. The van der Waals surface area contributed by atoms with Gasteiger partial charge in [-0.1, -0.05) is 77.1 Å². The summed E-state index contributed by atoms with van der Waals surface area (Å²) in [6.07, 6.45) is -1.59. The smallest absolute Gasteiger partial charge is 0.245 e. The molecule has 2 aromatic rings. The SMILES string of the molecule is CC(C)C[C@H](C)C(=O)N[C@H](C(=O)N[C@H](C(=O)N[C@@H](CCCN=C(N)N)C(=O)N[C@@H](CCC(N)=O)C(=O)N(C)[C@@H](CCCN=C(N)N)C(=O)N[C@@H](Cc1cccc2ccccc12)C(N)=O)[C@@H](C)O)C(C)C. The van der Waals surface area contributed by atoms with Crippen molar-refractivity contribution in [1.82, 2.24) is 31.5 Å². The van der Waals surface area contributed by atoms with Crippen LogP contribution in [0.25, 0.3) is 10.8 Å². The van der Waals surface area contributed by atoms with Crippen LogP contribution in [0.4, 0.5) is 0 Å². The molecule has 0 radical (unpaired) electrons. The number of guanidine groups is 2. The monoisotopic (exact) mass is 981 g/mol. The lowest BCUT2D eigenvalue weighted by Crippen LogP contribution is -2.62. The molecule has 0 unspecified atom stereocenters. The van der Waals surface area contributed by atoms with Gasteiger partial charge in [0.15, 0.2) is 11.9 Å². The lowest BCUT2D eigenvalue weighted by atomic mass is 9.96. The van der Waals surface area contributed by atoms with Gasteiger partial charge in [0.25, 0.3) is 0 Å². The van der Waals surface area contributed by atoms with Gasteiger partial charge < -0.3 is 71.0 Å². The zero-order valence-corrected chi connectivity index (χ0v) is 41.4. The van der Waals surface area contributed by atoms with Crippen LogP contribution >= 0.6 is 0 Å². The Labute approximate surface area is 409 Å². The largest absolute Gasteiger partial charge is 0.391 e. The predicted molar refractivity (Wildman–Crippen MR) is 266 cm³/mol. The Kier molecular flexibility index (Phi) is 24.6. The molecule has 0 aliphatic carbocycles. The number of carbonyl (C=O) groups excluding carboxylic acids is 8. The molecule has 23 nitrogen and oxygen atoms in total. The van der Waals surface area contributed by atoms with Crippen LogP contribution in [-0.2, 0) is 44.8 Å². The van der Waals surface area contributed by atoms with Crippen molar-refractivity contribution in [2.75, 3.05) is 20.1 Å². The second kappa shape index (κ2) is 29.1. The number of fused-ring (bicyclic) bond motifs is 1. The third-order valence-corrected chi connectivity index (χ3v) is 11.5. The first kappa shape index (κ1) is 59.1. The van der Waals surface area contributed by atoms with Gasteiger partial charge in [-0.3, -0.25) is 48.3 Å². The standard InChI is InChI=1S/C47H76N14O9/c1-25(2)23-27(5)40(65)59-37(26(3)4)43(68)60-38(28(6)62)44(69)56-32(17-11-21-54-46(50)51)41(66)57-33(19-20-36(48)63)45(70)61(7)35(18-12-22-55-47(52)53)42(67)58-34(39(49)64)24-30-15-10-14-29-13-8-9-16-31(29)30/h8-10,13-16,25-28,32-35,37-38,62H,11-12,17-24H2,1-7H3,(H2,48,63)(H2,49,64)(H,56,69)(H,57,66)(H,58,67)(H,59,65)(H,60,68)(H4,50,51,54)(H4,52,53,55)/t27-,28+,32-,33-,34-,35-,37-,38-/m0/s1. The van der Waals surface area contributed by atoms with Gasteiger partial charge in [0.1, 0.15) is 36.3 Å². The highest BCUT2D eigenvalue weighted by molar-refractivity contribution is 5.98. The summed E-state index contributed by atoms with van der Waals surface area (Å²) in [6, 6.07) is 4.72. The molecule has 0 heterocycles. The molecule has 0 saturated heterocycles. The molecule has 0 fully saturated rings. The number of rotatable bonds is 30. The minimum Gasteiger partial charge on any atom is -0.391 e. The zero-order chi connectivity index (χ0) is 52.8. The first-order valence-electron chi connectivity index (χ1n) is 23.5. The van der Waals surface area contributed by atoms with Crippen molar-refractivity contribution in [3.8, 4) is 0 Å². The predicted octanol–water partition coefficient (Wildman–Crippen LogP) is -1.79. The van der Waals surface area contributed by atoms with E-state index in [0.717, 1.165) is 21.2 Å². The van der Waals surface area contributed by atoms with Crippen LogP contribution in [0.1, 0.15) is 92.1 Å². The van der Waals surface area contributed by atoms with E-state index in [-0.39, 0.29) is 75.4 Å². The Balaban J connectivity index is 2.49. The maximum Gasteiger partial charge on any atom is 0.245 e. The van der Waals surface area contributed by atoms with Crippen LogP contribution in [0.15, 0.2) is 52.4 Å². The van der Waals surface area contributed by atoms with Crippen LogP contribution in [-0.4, -0.2) is 132 Å². The zero-order valence-electron chi connectivity index (χ0n) is 41.4. The number of primary amides is 2. The van der Waals surface area contributed by atoms with E-state index in [1.165, 1.54) is 14.0 Å². The number of nitrogens with zero attached hydrogens (tertiary/aromatic N) is 3. The van der Waals surface area contributed by atoms with Crippen LogP contribution in [0.2, 0.25) is 0 Å². The number of hydrogen-bond acceptors (Lipinski definition) is 11. The molecule has 0 spiro atoms. The molecular weight excluding hydrogens is 905 g/mol. The number of nitrogens with two attached hydrogens (primary N) is 6. The average molecular weight is 981 g/mol. The van der Waals surface area contributed by atoms with Crippen molar-refractivity contribution in [1.29, 1.82) is 0 Å². The second-order valence-electron chi connectivity index (χ2n) is 18.3.